The van der Waals surface area contributed by atoms with E-state index in [1.165, 1.54) is 22.9 Å². The lowest BCUT2D eigenvalue weighted by Crippen LogP contribution is -2.30. The summed E-state index contributed by atoms with van der Waals surface area (Å²) < 4.78 is 34.5. The second-order valence-corrected chi connectivity index (χ2v) is 6.39. The number of carbonyl (C=O) groups excluding carboxylic acids is 1. The van der Waals surface area contributed by atoms with E-state index in [9.17, 15) is 18.8 Å². The molecule has 0 aliphatic carbocycles. The monoisotopic (exact) mass is 385 g/mol. The minimum Gasteiger partial charge on any atom is -0.447 e. The van der Waals surface area contributed by atoms with Gasteiger partial charge < -0.3 is 10.1 Å². The summed E-state index contributed by atoms with van der Waals surface area (Å²) in [5.74, 6) is -1.07. The smallest absolute Gasteiger partial charge is 0.407 e. The topological polar surface area (TPSA) is 92.8 Å². The van der Waals surface area contributed by atoms with Crippen LogP contribution < -0.4 is 5.32 Å². The van der Waals surface area contributed by atoms with Gasteiger partial charge in [0, 0.05) is 6.07 Å². The first-order chi connectivity index (χ1) is 13.3. The van der Waals surface area contributed by atoms with Gasteiger partial charge in [-0.3, -0.25) is 9.55 Å². The van der Waals surface area contributed by atoms with Crippen LogP contribution in [0.4, 0.5) is 13.6 Å². The number of benzene rings is 1. The molecule has 0 aliphatic rings. The third kappa shape index (κ3) is 3.62. The predicted molar refractivity (Wildman–Crippen MR) is 96.7 cm³/mol. The summed E-state index contributed by atoms with van der Waals surface area (Å²) in [5.41, 5.74) is 0.488. The molecule has 1 unspecified atom stereocenters. The van der Waals surface area contributed by atoms with E-state index in [0.717, 1.165) is 12.3 Å². The molecule has 0 aliphatic heterocycles. The average Bonchev–Trinajstić information content (AvgIpc) is 3.00. The van der Waals surface area contributed by atoms with Gasteiger partial charge in [-0.25, -0.2) is 18.6 Å². The maximum atomic E-state index is 14.2. The number of hydrogen-bond acceptors (Lipinski definition) is 5. The van der Waals surface area contributed by atoms with Crippen LogP contribution in [0.2, 0.25) is 0 Å². The lowest BCUT2D eigenvalue weighted by molar-refractivity contribution is 0.112. The van der Waals surface area contributed by atoms with Crippen LogP contribution in [-0.2, 0) is 4.74 Å². The third-order valence-corrected chi connectivity index (χ3v) is 3.92. The fraction of sp³-hybridized carbons (Fsp3) is 0.263. The lowest BCUT2D eigenvalue weighted by Gasteiger charge is -2.17. The second kappa shape index (κ2) is 7.60. The van der Waals surface area contributed by atoms with Gasteiger partial charge in [-0.2, -0.15) is 5.26 Å². The molecule has 1 atom stereocenters. The van der Waals surface area contributed by atoms with Crippen molar-refractivity contribution in [3.8, 4) is 11.8 Å². The predicted octanol–water partition coefficient (Wildman–Crippen LogP) is 3.77. The normalized spacial score (nSPS) is 12.0. The fourth-order valence-corrected chi connectivity index (χ4v) is 2.83. The van der Waals surface area contributed by atoms with Gasteiger partial charge in [-0.1, -0.05) is 0 Å². The maximum absolute atomic E-state index is 14.2. The van der Waals surface area contributed by atoms with Gasteiger partial charge in [-0.15, -0.1) is 0 Å². The number of amides is 1. The molecule has 3 rings (SSSR count). The molecule has 1 amide bonds. The van der Waals surface area contributed by atoms with Gasteiger partial charge in [0.2, 0.25) is 0 Å². The summed E-state index contributed by atoms with van der Waals surface area (Å²) in [7, 11) is 0. The molecule has 1 aromatic carbocycles. The van der Waals surface area contributed by atoms with E-state index in [1.807, 2.05) is 6.07 Å². The number of pyridine rings is 1. The number of aromatic nitrogens is 3. The Morgan fingerprint density at radius 3 is 2.68 bits per heavy atom. The summed E-state index contributed by atoms with van der Waals surface area (Å²) >= 11 is 0. The second-order valence-electron chi connectivity index (χ2n) is 6.39. The van der Waals surface area contributed by atoms with Crippen molar-refractivity contribution < 1.29 is 18.3 Å². The number of fused-ring (bicyclic) bond motifs is 1. The van der Waals surface area contributed by atoms with Gasteiger partial charge in [-0.05, 0) is 32.9 Å². The van der Waals surface area contributed by atoms with Crippen LogP contribution in [0.5, 0.6) is 0 Å². The molecule has 144 valence electrons. The highest BCUT2D eigenvalue weighted by Gasteiger charge is 2.24. The fourth-order valence-electron chi connectivity index (χ4n) is 2.83. The van der Waals surface area contributed by atoms with Crippen molar-refractivity contribution in [3.63, 3.8) is 0 Å². The lowest BCUT2D eigenvalue weighted by atomic mass is 10.2. The summed E-state index contributed by atoms with van der Waals surface area (Å²) in [4.78, 5) is 20.2. The minimum atomic E-state index is -0.730. The highest BCUT2D eigenvalue weighted by molar-refractivity contribution is 5.84. The molecule has 2 heterocycles. The van der Waals surface area contributed by atoms with Gasteiger partial charge >= 0.3 is 6.09 Å². The Morgan fingerprint density at radius 1 is 1.29 bits per heavy atom. The molecule has 0 saturated carbocycles. The van der Waals surface area contributed by atoms with E-state index < -0.39 is 23.8 Å². The van der Waals surface area contributed by atoms with E-state index in [1.54, 1.807) is 20.8 Å². The molecule has 3 aromatic rings. The summed E-state index contributed by atoms with van der Waals surface area (Å²) in [6.45, 7) is 5.06. The SMILES string of the molecule is CC(C)OC(=O)NC(C)c1nc2ccc(F)c(C#N)c2n1-c1cncc(F)c1. The van der Waals surface area contributed by atoms with Crippen molar-refractivity contribution in [2.24, 2.45) is 0 Å². The number of carbonyl (C=O) groups is 1. The van der Waals surface area contributed by atoms with Crippen LogP contribution in [0, 0.1) is 23.0 Å². The number of nitrogens with zero attached hydrogens (tertiary/aromatic N) is 4. The Bertz CT molecular complexity index is 1090. The highest BCUT2D eigenvalue weighted by atomic mass is 19.1. The van der Waals surface area contributed by atoms with E-state index in [-0.39, 0.29) is 28.7 Å². The first kappa shape index (κ1) is 19.2. The standard InChI is InChI=1S/C19H17F2N5O2/c1-10(2)28-19(27)24-11(3)18-25-16-5-4-15(21)14(7-22)17(16)26(18)13-6-12(20)8-23-9-13/h4-6,8-11H,1-3H3,(H,24,27). The van der Waals surface area contributed by atoms with Crippen molar-refractivity contribution in [1.29, 1.82) is 5.26 Å². The minimum absolute atomic E-state index is 0.163. The first-order valence-corrected chi connectivity index (χ1v) is 8.50. The van der Waals surface area contributed by atoms with Crippen molar-refractivity contribution in [1.82, 2.24) is 19.9 Å². The zero-order chi connectivity index (χ0) is 20.4. The quantitative estimate of drug-likeness (QED) is 0.738. The van der Waals surface area contributed by atoms with Gasteiger partial charge in [0.15, 0.2) is 0 Å². The molecule has 7 nitrogen and oxygen atoms in total. The molecule has 0 spiro atoms. The van der Waals surface area contributed by atoms with E-state index in [2.05, 4.69) is 15.3 Å². The van der Waals surface area contributed by atoms with Crippen molar-refractivity contribution in [3.05, 3.63) is 53.6 Å². The number of halogens is 2. The Balaban J connectivity index is 2.21. The van der Waals surface area contributed by atoms with Crippen LogP contribution in [-0.4, -0.2) is 26.7 Å². The summed E-state index contributed by atoms with van der Waals surface area (Å²) in [6, 6.07) is 4.87. The van der Waals surface area contributed by atoms with E-state index in [4.69, 9.17) is 4.74 Å². The Kier molecular flexibility index (Phi) is 5.22. The van der Waals surface area contributed by atoms with Gasteiger partial charge in [0.25, 0.3) is 0 Å². The highest BCUT2D eigenvalue weighted by Crippen LogP contribution is 2.29. The van der Waals surface area contributed by atoms with Crippen LogP contribution in [0.25, 0.3) is 16.7 Å². The number of nitrogens with one attached hydrogen (secondary N) is 1. The zero-order valence-corrected chi connectivity index (χ0v) is 15.4. The maximum Gasteiger partial charge on any atom is 0.407 e. The van der Waals surface area contributed by atoms with Crippen molar-refractivity contribution in [2.75, 3.05) is 0 Å². The molecule has 9 heteroatoms. The van der Waals surface area contributed by atoms with E-state index >= 15 is 0 Å². The Labute approximate surface area is 159 Å². The Hall–Kier alpha value is -3.54. The van der Waals surface area contributed by atoms with Crippen LogP contribution >= 0.6 is 0 Å². The van der Waals surface area contributed by atoms with E-state index in [0.29, 0.717) is 5.52 Å². The first-order valence-electron chi connectivity index (χ1n) is 8.50. The summed E-state index contributed by atoms with van der Waals surface area (Å²) in [5, 5.41) is 12.1. The van der Waals surface area contributed by atoms with Crippen molar-refractivity contribution >= 4 is 17.1 Å². The van der Waals surface area contributed by atoms with Crippen LogP contribution in [0.15, 0.2) is 30.6 Å². The number of imidazole rings is 1. The number of hydrogen-bond donors (Lipinski definition) is 1. The number of nitriles is 1. The average molecular weight is 385 g/mol. The number of alkyl carbamates (subject to hydrolysis) is 1. The Morgan fingerprint density at radius 2 is 2.04 bits per heavy atom. The molecule has 0 bridgehead atoms. The molecule has 0 saturated heterocycles. The van der Waals surface area contributed by atoms with Crippen LogP contribution in [0.1, 0.15) is 38.2 Å². The largest absolute Gasteiger partial charge is 0.447 e. The molecule has 2 aromatic heterocycles. The van der Waals surface area contributed by atoms with Gasteiger partial charge in [0.05, 0.1) is 41.3 Å². The van der Waals surface area contributed by atoms with Crippen LogP contribution in [0.3, 0.4) is 0 Å². The third-order valence-electron chi connectivity index (χ3n) is 3.92. The van der Waals surface area contributed by atoms with Crippen molar-refractivity contribution in [2.45, 2.75) is 32.9 Å². The number of ether oxygens (including phenoxy) is 1. The molecule has 28 heavy (non-hydrogen) atoms. The zero-order valence-electron chi connectivity index (χ0n) is 15.4. The molecular formula is C19H17F2N5O2. The number of rotatable bonds is 4. The molecule has 0 radical (unpaired) electrons. The molecule has 1 N–H and O–H groups in total. The summed E-state index contributed by atoms with van der Waals surface area (Å²) in [6.07, 6.45) is 1.40. The van der Waals surface area contributed by atoms with Gasteiger partial charge in [0.1, 0.15) is 29.1 Å². The molecular weight excluding hydrogens is 368 g/mol. The molecule has 0 fully saturated rings.